The van der Waals surface area contributed by atoms with Crippen LogP contribution in [0, 0.1) is 28.6 Å². The van der Waals surface area contributed by atoms with E-state index in [4.69, 9.17) is 4.74 Å². The van der Waals surface area contributed by atoms with Crippen molar-refractivity contribution in [3.63, 3.8) is 0 Å². The molecule has 1 heterocycles. The molecule has 5 rings (SSSR count). The van der Waals surface area contributed by atoms with Crippen molar-refractivity contribution in [3.8, 4) is 0 Å². The number of hydrogen-bond donors (Lipinski definition) is 0. The standard InChI is InChI=1S/C17H25BrO/c1-15(2,3)10-14-17(18,19-14)16-7-11-4-12(8-16)6-13(5-11)9-16/h10-13H,4-9H2,1-3H3/b14-10-/t11?,12?,13?,16?,17-/m0/s1. The summed E-state index contributed by atoms with van der Waals surface area (Å²) in [6.45, 7) is 6.78. The first-order valence-corrected chi connectivity index (χ1v) is 8.70. The zero-order chi connectivity index (χ0) is 13.5. The van der Waals surface area contributed by atoms with Crippen LogP contribution in [0.25, 0.3) is 0 Å². The molecule has 0 unspecified atom stereocenters. The minimum atomic E-state index is -0.0940. The van der Waals surface area contributed by atoms with E-state index in [0.717, 1.165) is 17.8 Å². The number of allylic oxidation sites excluding steroid dienone is 1. The van der Waals surface area contributed by atoms with Crippen LogP contribution < -0.4 is 0 Å². The highest BCUT2D eigenvalue weighted by Crippen LogP contribution is 2.72. The summed E-state index contributed by atoms with van der Waals surface area (Å²) in [4.78, 5) is 0. The summed E-state index contributed by atoms with van der Waals surface area (Å²) in [5, 5.41) is 0. The Balaban J connectivity index is 1.65. The molecule has 2 heteroatoms. The molecule has 0 radical (unpaired) electrons. The molecule has 0 aromatic carbocycles. The molecule has 0 spiro atoms. The van der Waals surface area contributed by atoms with Crippen LogP contribution in [0.4, 0.5) is 0 Å². The van der Waals surface area contributed by atoms with Crippen molar-refractivity contribution in [2.24, 2.45) is 28.6 Å². The van der Waals surface area contributed by atoms with E-state index >= 15 is 0 Å². The molecule has 0 aromatic heterocycles. The van der Waals surface area contributed by atoms with Gasteiger partial charge in [0.2, 0.25) is 4.51 Å². The van der Waals surface area contributed by atoms with Crippen molar-refractivity contribution in [2.75, 3.05) is 0 Å². The van der Waals surface area contributed by atoms with E-state index in [1.807, 2.05) is 0 Å². The maximum absolute atomic E-state index is 6.14. The average molecular weight is 325 g/mol. The van der Waals surface area contributed by atoms with Crippen LogP contribution >= 0.6 is 15.9 Å². The fourth-order valence-electron chi connectivity index (χ4n) is 5.52. The quantitative estimate of drug-likeness (QED) is 0.473. The Labute approximate surface area is 125 Å². The molecule has 0 N–H and O–H groups in total. The largest absolute Gasteiger partial charge is 0.467 e. The van der Waals surface area contributed by atoms with Gasteiger partial charge in [0.15, 0.2) is 5.76 Å². The third kappa shape index (κ3) is 1.85. The first-order valence-electron chi connectivity index (χ1n) is 7.91. The monoisotopic (exact) mass is 324 g/mol. The van der Waals surface area contributed by atoms with Gasteiger partial charge in [0.25, 0.3) is 0 Å². The third-order valence-electron chi connectivity index (χ3n) is 5.81. The highest BCUT2D eigenvalue weighted by atomic mass is 79.9. The Bertz CT molecular complexity index is 409. The lowest BCUT2D eigenvalue weighted by Gasteiger charge is -2.57. The van der Waals surface area contributed by atoms with E-state index < -0.39 is 0 Å². The maximum Gasteiger partial charge on any atom is 0.224 e. The van der Waals surface area contributed by atoms with E-state index in [-0.39, 0.29) is 9.93 Å². The summed E-state index contributed by atoms with van der Waals surface area (Å²) in [5.41, 5.74) is 0.631. The summed E-state index contributed by atoms with van der Waals surface area (Å²) in [6, 6.07) is 0. The van der Waals surface area contributed by atoms with Gasteiger partial charge >= 0.3 is 0 Å². The lowest BCUT2D eigenvalue weighted by atomic mass is 9.48. The third-order valence-corrected chi connectivity index (χ3v) is 7.20. The minimum absolute atomic E-state index is 0.0940. The van der Waals surface area contributed by atoms with Gasteiger partial charge in [0.05, 0.1) is 0 Å². The summed E-state index contributed by atoms with van der Waals surface area (Å²) in [7, 11) is 0. The normalized spacial score (nSPS) is 53.5. The maximum atomic E-state index is 6.14. The molecular weight excluding hydrogens is 300 g/mol. The second-order valence-corrected chi connectivity index (χ2v) is 9.89. The Morgan fingerprint density at radius 2 is 1.53 bits per heavy atom. The average Bonchev–Trinajstić information content (AvgIpc) is 2.85. The lowest BCUT2D eigenvalue weighted by Crippen LogP contribution is -2.51. The zero-order valence-electron chi connectivity index (χ0n) is 12.3. The lowest BCUT2D eigenvalue weighted by molar-refractivity contribution is -0.0729. The van der Waals surface area contributed by atoms with Crippen LogP contribution in [0.3, 0.4) is 0 Å². The molecular formula is C17H25BrO. The van der Waals surface area contributed by atoms with Gasteiger partial charge in [-0.3, -0.25) is 0 Å². The van der Waals surface area contributed by atoms with Crippen molar-refractivity contribution in [1.29, 1.82) is 0 Å². The second-order valence-electron chi connectivity index (χ2n) is 8.77. The first kappa shape index (κ1) is 12.7. The van der Waals surface area contributed by atoms with Gasteiger partial charge in [-0.1, -0.05) is 20.8 Å². The predicted octanol–water partition coefficient (Wildman–Crippen LogP) is 5.25. The Hall–Kier alpha value is 0.0200. The SMILES string of the molecule is CC(C)(C)/C=C1\O[C@]1(Br)C12CC3CC(CC(C3)C1)C2. The van der Waals surface area contributed by atoms with E-state index in [1.165, 1.54) is 44.3 Å². The molecule has 1 aliphatic heterocycles. The highest BCUT2D eigenvalue weighted by Gasteiger charge is 2.70. The highest BCUT2D eigenvalue weighted by molar-refractivity contribution is 9.10. The predicted molar refractivity (Wildman–Crippen MR) is 80.9 cm³/mol. The van der Waals surface area contributed by atoms with Gasteiger partial charge in [0.1, 0.15) is 0 Å². The summed E-state index contributed by atoms with van der Waals surface area (Å²) in [5.74, 6) is 4.18. The molecule has 4 bridgehead atoms. The minimum Gasteiger partial charge on any atom is -0.467 e. The molecule has 1 atom stereocenters. The molecule has 4 saturated carbocycles. The summed E-state index contributed by atoms with van der Waals surface area (Å²) >= 11 is 4.01. The van der Waals surface area contributed by atoms with Crippen LogP contribution in [0.2, 0.25) is 0 Å². The molecule has 1 saturated heterocycles. The second kappa shape index (κ2) is 3.61. The zero-order valence-corrected chi connectivity index (χ0v) is 13.9. The van der Waals surface area contributed by atoms with Crippen LogP contribution in [0.15, 0.2) is 11.8 Å². The number of ether oxygens (including phenoxy) is 1. The molecule has 1 nitrogen and oxygen atoms in total. The van der Waals surface area contributed by atoms with Crippen LogP contribution in [0.1, 0.15) is 59.3 Å². The van der Waals surface area contributed by atoms with Crippen molar-refractivity contribution < 1.29 is 4.74 Å². The smallest absolute Gasteiger partial charge is 0.224 e. The van der Waals surface area contributed by atoms with Crippen molar-refractivity contribution in [1.82, 2.24) is 0 Å². The number of hydrogen-bond acceptors (Lipinski definition) is 1. The van der Waals surface area contributed by atoms with Crippen LogP contribution in [-0.4, -0.2) is 4.51 Å². The Morgan fingerprint density at radius 1 is 1.05 bits per heavy atom. The number of rotatable bonds is 1. The van der Waals surface area contributed by atoms with E-state index in [9.17, 15) is 0 Å². The number of epoxide rings is 1. The van der Waals surface area contributed by atoms with Crippen LogP contribution in [0.5, 0.6) is 0 Å². The van der Waals surface area contributed by atoms with Crippen molar-refractivity contribution in [2.45, 2.75) is 63.8 Å². The molecule has 5 fully saturated rings. The molecule has 0 amide bonds. The van der Waals surface area contributed by atoms with Gasteiger partial charge in [-0.25, -0.2) is 0 Å². The fraction of sp³-hybridized carbons (Fsp3) is 0.882. The van der Waals surface area contributed by atoms with Gasteiger partial charge in [-0.2, -0.15) is 0 Å². The van der Waals surface area contributed by atoms with E-state index in [1.54, 1.807) is 0 Å². The molecule has 106 valence electrons. The summed E-state index contributed by atoms with van der Waals surface area (Å²) < 4.78 is 6.05. The van der Waals surface area contributed by atoms with Gasteiger partial charge in [-0.15, -0.1) is 0 Å². The van der Waals surface area contributed by atoms with Gasteiger partial charge in [-0.05, 0) is 83.7 Å². The Kier molecular flexibility index (Phi) is 2.42. The number of halogens is 1. The molecule has 4 aliphatic carbocycles. The summed E-state index contributed by atoms with van der Waals surface area (Å²) in [6.07, 6.45) is 11.0. The molecule has 19 heavy (non-hydrogen) atoms. The van der Waals surface area contributed by atoms with E-state index in [0.29, 0.717) is 5.41 Å². The topological polar surface area (TPSA) is 12.5 Å². The number of alkyl halides is 1. The van der Waals surface area contributed by atoms with Crippen molar-refractivity contribution >= 4 is 15.9 Å². The van der Waals surface area contributed by atoms with E-state index in [2.05, 4.69) is 42.8 Å². The molecule has 0 aromatic rings. The van der Waals surface area contributed by atoms with Gasteiger partial charge in [0, 0.05) is 5.41 Å². The van der Waals surface area contributed by atoms with Gasteiger partial charge < -0.3 is 4.74 Å². The Morgan fingerprint density at radius 3 is 1.95 bits per heavy atom. The molecule has 5 aliphatic rings. The first-order chi connectivity index (χ1) is 8.80. The van der Waals surface area contributed by atoms with Crippen molar-refractivity contribution in [3.05, 3.63) is 11.8 Å². The fourth-order valence-corrected chi connectivity index (χ4v) is 6.29. The van der Waals surface area contributed by atoms with Crippen LogP contribution in [-0.2, 0) is 4.74 Å².